The second kappa shape index (κ2) is 12.8. The maximum atomic E-state index is 4.45. The predicted molar refractivity (Wildman–Crippen MR) is 157 cm³/mol. The number of anilines is 2. The van der Waals surface area contributed by atoms with E-state index >= 15 is 0 Å². The van der Waals surface area contributed by atoms with E-state index in [1.54, 1.807) is 22.7 Å². The summed E-state index contributed by atoms with van der Waals surface area (Å²) in [7, 11) is 8.26. The molecule has 4 aromatic rings. The van der Waals surface area contributed by atoms with Crippen molar-refractivity contribution in [1.82, 2.24) is 0 Å². The molecule has 0 amide bonds. The standard InChI is InChI=1S/C28H36N8S2/c1-21-19-23(9-11-25(21)29-31-27-35(5)15-17-37-27)33(3)13-7-8-14-34(4)24-10-12-26(22(2)20-24)30-32-28-36(6)16-18-38-28/h9-12,15-20H,7-8,13-14H2,1-6H3/q+2. The number of aryl methyl sites for hydroxylation is 4. The first kappa shape index (κ1) is 27.5. The first-order chi connectivity index (χ1) is 18.3. The highest BCUT2D eigenvalue weighted by atomic mass is 32.1. The Bertz CT molecular complexity index is 1310. The van der Waals surface area contributed by atoms with Gasteiger partial charge >= 0.3 is 10.3 Å². The molecule has 0 N–H and O–H groups in total. The van der Waals surface area contributed by atoms with Gasteiger partial charge in [-0.15, -0.1) is 0 Å². The van der Waals surface area contributed by atoms with Gasteiger partial charge in [0.25, 0.3) is 0 Å². The van der Waals surface area contributed by atoms with E-state index in [0.717, 1.165) is 58.7 Å². The zero-order chi connectivity index (χ0) is 27.1. The van der Waals surface area contributed by atoms with Gasteiger partial charge in [0, 0.05) is 49.3 Å². The summed E-state index contributed by atoms with van der Waals surface area (Å²) in [6, 6.07) is 12.7. The fraction of sp³-hybridized carbons (Fsp3) is 0.357. The Labute approximate surface area is 233 Å². The minimum Gasteiger partial charge on any atom is -0.375 e. The lowest BCUT2D eigenvalue weighted by molar-refractivity contribution is -0.654. The predicted octanol–water partition coefficient (Wildman–Crippen LogP) is 7.26. The van der Waals surface area contributed by atoms with E-state index in [1.165, 1.54) is 11.4 Å². The van der Waals surface area contributed by atoms with Crippen LogP contribution in [0.1, 0.15) is 24.0 Å². The summed E-state index contributed by atoms with van der Waals surface area (Å²) in [6.45, 7) is 6.17. The Morgan fingerprint density at radius 1 is 0.658 bits per heavy atom. The van der Waals surface area contributed by atoms with E-state index < -0.39 is 0 Å². The van der Waals surface area contributed by atoms with E-state index in [1.807, 2.05) is 46.4 Å². The maximum Gasteiger partial charge on any atom is 0.408 e. The zero-order valence-corrected chi connectivity index (χ0v) is 24.6. The van der Waals surface area contributed by atoms with Crippen LogP contribution in [0.2, 0.25) is 0 Å². The molecule has 0 fully saturated rings. The molecule has 0 radical (unpaired) electrons. The quantitative estimate of drug-likeness (QED) is 0.112. The SMILES string of the molecule is Cc1cc(N(C)CCCCN(C)c2ccc(N=Nc3scc[n+]3C)c(C)c2)ccc1N=Nc1scc[n+]1C. The van der Waals surface area contributed by atoms with Crippen LogP contribution >= 0.6 is 22.7 Å². The van der Waals surface area contributed by atoms with Gasteiger partial charge < -0.3 is 9.80 Å². The van der Waals surface area contributed by atoms with Crippen molar-refractivity contribution >= 4 is 55.7 Å². The number of aromatic nitrogens is 2. The highest BCUT2D eigenvalue weighted by Gasteiger charge is 2.11. The average Bonchev–Trinajstić information content (AvgIpc) is 3.51. The highest BCUT2D eigenvalue weighted by Crippen LogP contribution is 2.28. The topological polar surface area (TPSA) is 63.7 Å². The normalized spacial score (nSPS) is 11.6. The molecule has 0 bridgehead atoms. The number of thiazole rings is 2. The summed E-state index contributed by atoms with van der Waals surface area (Å²) in [5.41, 5.74) is 6.46. The molecule has 8 nitrogen and oxygen atoms in total. The molecule has 38 heavy (non-hydrogen) atoms. The monoisotopic (exact) mass is 548 g/mol. The smallest absolute Gasteiger partial charge is 0.375 e. The molecular formula is C28H36N8S2+2. The van der Waals surface area contributed by atoms with Gasteiger partial charge in [0.05, 0.1) is 24.3 Å². The second-order valence-electron chi connectivity index (χ2n) is 9.48. The molecule has 2 heterocycles. The van der Waals surface area contributed by atoms with Crippen LogP contribution in [0.5, 0.6) is 0 Å². The van der Waals surface area contributed by atoms with Gasteiger partial charge in [-0.2, -0.15) is 0 Å². The minimum absolute atomic E-state index is 0.885. The van der Waals surface area contributed by atoms with Gasteiger partial charge in [-0.25, -0.2) is 9.13 Å². The van der Waals surface area contributed by atoms with Crippen LogP contribution in [-0.2, 0) is 14.1 Å². The van der Waals surface area contributed by atoms with Crippen molar-refractivity contribution in [3.8, 4) is 0 Å². The molecule has 10 heteroatoms. The third kappa shape index (κ3) is 7.08. The first-order valence-corrected chi connectivity index (χ1v) is 14.4. The molecule has 2 aromatic heterocycles. The second-order valence-corrected chi connectivity index (χ2v) is 11.2. The van der Waals surface area contributed by atoms with Crippen LogP contribution in [0.15, 0.2) is 80.0 Å². The fourth-order valence-electron chi connectivity index (χ4n) is 3.98. The zero-order valence-electron chi connectivity index (χ0n) is 23.0. The van der Waals surface area contributed by atoms with Gasteiger partial charge in [0.2, 0.25) is 0 Å². The summed E-state index contributed by atoms with van der Waals surface area (Å²) >= 11 is 3.16. The van der Waals surface area contributed by atoms with E-state index in [2.05, 4.69) is 94.6 Å². The Morgan fingerprint density at radius 2 is 1.08 bits per heavy atom. The van der Waals surface area contributed by atoms with Crippen molar-refractivity contribution in [2.24, 2.45) is 34.6 Å². The number of hydrogen-bond donors (Lipinski definition) is 0. The fourth-order valence-corrected chi connectivity index (χ4v) is 5.34. The first-order valence-electron chi connectivity index (χ1n) is 12.6. The molecule has 0 spiro atoms. The van der Waals surface area contributed by atoms with Crippen molar-refractivity contribution in [3.05, 3.63) is 70.7 Å². The Morgan fingerprint density at radius 3 is 1.42 bits per heavy atom. The molecule has 198 valence electrons. The molecule has 0 saturated heterocycles. The molecule has 4 rings (SSSR count). The van der Waals surface area contributed by atoms with Crippen molar-refractivity contribution in [2.75, 3.05) is 37.0 Å². The van der Waals surface area contributed by atoms with Crippen LogP contribution in [-0.4, -0.2) is 27.2 Å². The van der Waals surface area contributed by atoms with Crippen LogP contribution in [0, 0.1) is 13.8 Å². The Hall–Kier alpha value is -3.50. The number of hydrogen-bond acceptors (Lipinski definition) is 8. The number of azo groups is 2. The number of benzene rings is 2. The molecule has 0 aliphatic heterocycles. The van der Waals surface area contributed by atoms with Gasteiger partial charge in [-0.05, 0) is 107 Å². The summed E-state index contributed by atoms with van der Waals surface area (Å²) in [5.74, 6) is 0. The lowest BCUT2D eigenvalue weighted by Gasteiger charge is -2.22. The van der Waals surface area contributed by atoms with Crippen molar-refractivity contribution in [1.29, 1.82) is 0 Å². The van der Waals surface area contributed by atoms with Gasteiger partial charge in [0.1, 0.15) is 23.8 Å². The van der Waals surface area contributed by atoms with Gasteiger partial charge in [0.15, 0.2) is 0 Å². The third-order valence-corrected chi connectivity index (χ3v) is 8.16. The Kier molecular flexibility index (Phi) is 9.30. The molecule has 0 aliphatic carbocycles. The maximum absolute atomic E-state index is 4.45. The van der Waals surface area contributed by atoms with E-state index in [-0.39, 0.29) is 0 Å². The minimum atomic E-state index is 0.885. The highest BCUT2D eigenvalue weighted by molar-refractivity contribution is 7.13. The molecular weight excluding hydrogens is 512 g/mol. The summed E-state index contributed by atoms with van der Waals surface area (Å²) in [6.07, 6.45) is 6.19. The van der Waals surface area contributed by atoms with Crippen LogP contribution in [0.25, 0.3) is 0 Å². The van der Waals surface area contributed by atoms with E-state index in [4.69, 9.17) is 0 Å². The number of nitrogens with zero attached hydrogens (tertiary/aromatic N) is 8. The molecule has 2 aromatic carbocycles. The molecule has 0 saturated carbocycles. The largest absolute Gasteiger partial charge is 0.408 e. The third-order valence-electron chi connectivity index (χ3n) is 6.49. The summed E-state index contributed by atoms with van der Waals surface area (Å²) in [5, 5.41) is 23.5. The average molecular weight is 549 g/mol. The molecule has 0 unspecified atom stereocenters. The van der Waals surface area contributed by atoms with Crippen LogP contribution in [0.4, 0.5) is 33.0 Å². The summed E-state index contributed by atoms with van der Waals surface area (Å²) < 4.78 is 3.94. The van der Waals surface area contributed by atoms with Crippen molar-refractivity contribution in [2.45, 2.75) is 26.7 Å². The van der Waals surface area contributed by atoms with Crippen molar-refractivity contribution < 1.29 is 9.13 Å². The van der Waals surface area contributed by atoms with Crippen LogP contribution in [0.3, 0.4) is 0 Å². The Balaban J connectivity index is 1.25. The lowest BCUT2D eigenvalue weighted by atomic mass is 10.1. The lowest BCUT2D eigenvalue weighted by Crippen LogP contribution is -2.23. The van der Waals surface area contributed by atoms with Crippen molar-refractivity contribution in [3.63, 3.8) is 0 Å². The van der Waals surface area contributed by atoms with E-state index in [0.29, 0.717) is 0 Å². The molecule has 0 aliphatic rings. The van der Waals surface area contributed by atoms with Gasteiger partial charge in [-0.1, -0.05) is 0 Å². The number of rotatable bonds is 11. The van der Waals surface area contributed by atoms with Crippen LogP contribution < -0.4 is 18.9 Å². The number of unbranched alkanes of at least 4 members (excludes halogenated alkanes) is 1. The van der Waals surface area contributed by atoms with E-state index in [9.17, 15) is 0 Å². The summed E-state index contributed by atoms with van der Waals surface area (Å²) in [4.78, 5) is 4.62. The van der Waals surface area contributed by atoms with Gasteiger partial charge in [-0.3, -0.25) is 0 Å². The molecule has 0 atom stereocenters.